The maximum Gasteiger partial charge on any atom is 0.335 e. The Hall–Kier alpha value is -5.28. The summed E-state index contributed by atoms with van der Waals surface area (Å²) in [6, 6.07) is 8.10. The molecule has 0 radical (unpaired) electrons. The van der Waals surface area contributed by atoms with Gasteiger partial charge in [-0.2, -0.15) is 0 Å². The molecule has 6 rings (SSSR count). The van der Waals surface area contributed by atoms with Crippen LogP contribution in [0.5, 0.6) is 11.6 Å². The van der Waals surface area contributed by atoms with Gasteiger partial charge in [-0.15, -0.1) is 0 Å². The topological polar surface area (TPSA) is 135 Å². The van der Waals surface area contributed by atoms with Crippen molar-refractivity contribution in [3.8, 4) is 17.3 Å². The van der Waals surface area contributed by atoms with Crippen LogP contribution in [0, 0.1) is 11.6 Å². The van der Waals surface area contributed by atoms with E-state index in [1.54, 1.807) is 13.8 Å². The summed E-state index contributed by atoms with van der Waals surface area (Å²) in [6.07, 6.45) is 2.99. The fourth-order valence-corrected chi connectivity index (χ4v) is 5.83. The third kappa shape index (κ3) is 7.27. The van der Waals surface area contributed by atoms with Crippen LogP contribution in [0.1, 0.15) is 41.5 Å². The number of benzene rings is 2. The number of piperazine rings is 1. The van der Waals surface area contributed by atoms with E-state index in [2.05, 4.69) is 20.2 Å². The first-order chi connectivity index (χ1) is 23.5. The number of anilines is 1. The first-order valence-corrected chi connectivity index (χ1v) is 15.9. The molecule has 13 nitrogen and oxygen atoms in total. The minimum atomic E-state index is -0.915. The highest BCUT2D eigenvalue weighted by atomic mass is 19.1. The molecule has 15 heteroatoms. The highest BCUT2D eigenvalue weighted by Gasteiger charge is 2.27. The average Bonchev–Trinajstić information content (AvgIpc) is 3.07. The normalized spacial score (nSPS) is 15.3. The molecular formula is C34H36F2N8O5. The fourth-order valence-electron chi connectivity index (χ4n) is 5.83. The van der Waals surface area contributed by atoms with Crippen molar-refractivity contribution in [1.29, 1.82) is 0 Å². The highest BCUT2D eigenvalue weighted by molar-refractivity contribution is 6.03. The number of ether oxygens (including phenoxy) is 1. The van der Waals surface area contributed by atoms with Crippen LogP contribution in [0.2, 0.25) is 0 Å². The number of aromatic nitrogens is 4. The zero-order valence-electron chi connectivity index (χ0n) is 27.4. The number of likely N-dealkylation sites (N-methyl/N-ethyl adjacent to an activating group) is 1. The fraction of sp³-hybridized carbons (Fsp3) is 0.353. The molecule has 2 aliphatic heterocycles. The summed E-state index contributed by atoms with van der Waals surface area (Å²) in [4.78, 5) is 67.3. The van der Waals surface area contributed by atoms with E-state index in [0.717, 1.165) is 47.6 Å². The van der Waals surface area contributed by atoms with Gasteiger partial charge in [-0.1, -0.05) is 0 Å². The van der Waals surface area contributed by atoms with Crippen LogP contribution in [0.15, 0.2) is 64.6 Å². The van der Waals surface area contributed by atoms with Crippen molar-refractivity contribution in [3.05, 3.63) is 104 Å². The van der Waals surface area contributed by atoms with E-state index in [9.17, 15) is 23.6 Å². The van der Waals surface area contributed by atoms with Gasteiger partial charge in [-0.05, 0) is 63.7 Å². The molecule has 49 heavy (non-hydrogen) atoms. The number of fused-ring (bicyclic) bond motifs is 1. The van der Waals surface area contributed by atoms with Crippen LogP contribution in [0.4, 0.5) is 14.5 Å². The van der Waals surface area contributed by atoms with Gasteiger partial charge in [0.2, 0.25) is 11.8 Å². The Morgan fingerprint density at radius 3 is 2.41 bits per heavy atom. The molecule has 2 aromatic heterocycles. The van der Waals surface area contributed by atoms with Crippen LogP contribution >= 0.6 is 0 Å². The summed E-state index contributed by atoms with van der Waals surface area (Å²) in [7, 11) is 2.04. The van der Waals surface area contributed by atoms with Gasteiger partial charge in [0, 0.05) is 68.8 Å². The van der Waals surface area contributed by atoms with E-state index in [4.69, 9.17) is 4.74 Å². The lowest BCUT2D eigenvalue weighted by Gasteiger charge is -2.35. The summed E-state index contributed by atoms with van der Waals surface area (Å²) in [5.41, 5.74) is -0.440. The number of hydrogen-bond acceptors (Lipinski definition) is 9. The van der Waals surface area contributed by atoms with Crippen LogP contribution < -0.4 is 21.3 Å². The predicted molar refractivity (Wildman–Crippen MR) is 176 cm³/mol. The number of halogens is 2. The number of nitrogens with zero attached hydrogens (tertiary/aromatic N) is 7. The van der Waals surface area contributed by atoms with Crippen molar-refractivity contribution in [3.63, 3.8) is 0 Å². The van der Waals surface area contributed by atoms with Gasteiger partial charge in [0.05, 0.1) is 17.9 Å². The van der Waals surface area contributed by atoms with Gasteiger partial charge >= 0.3 is 5.69 Å². The van der Waals surface area contributed by atoms with Gasteiger partial charge in [0.25, 0.3) is 11.5 Å². The van der Waals surface area contributed by atoms with E-state index >= 15 is 4.39 Å². The van der Waals surface area contributed by atoms with E-state index in [1.807, 2.05) is 16.8 Å². The van der Waals surface area contributed by atoms with Crippen molar-refractivity contribution < 1.29 is 23.1 Å². The monoisotopic (exact) mass is 674 g/mol. The van der Waals surface area contributed by atoms with E-state index < -0.39 is 34.8 Å². The lowest BCUT2D eigenvalue weighted by molar-refractivity contribution is -0.134. The molecule has 0 atom stereocenters. The lowest BCUT2D eigenvalue weighted by atomic mass is 10.1. The SMILES string of the molecule is CC(C)n1cc(C(=O)Nc2ccc(Oc3ncnc4c3CCN(CC(=O)N3CCN(C)CC3)C4)c(F)c2)c(=O)n(-c2ccc(F)cc2)c1=O. The molecule has 0 spiro atoms. The Balaban J connectivity index is 1.16. The average molecular weight is 675 g/mol. The largest absolute Gasteiger partial charge is 0.436 e. The van der Waals surface area contributed by atoms with Gasteiger partial charge in [-0.25, -0.2) is 28.1 Å². The molecule has 2 aromatic carbocycles. The number of carbonyl (C=O) groups excluding carboxylic acids is 2. The van der Waals surface area contributed by atoms with E-state index in [1.165, 1.54) is 35.2 Å². The Morgan fingerprint density at radius 2 is 1.71 bits per heavy atom. The van der Waals surface area contributed by atoms with Crippen molar-refractivity contribution >= 4 is 17.5 Å². The first kappa shape index (κ1) is 33.6. The Bertz CT molecular complexity index is 2010. The zero-order chi connectivity index (χ0) is 34.8. The third-order valence-corrected chi connectivity index (χ3v) is 8.66. The molecule has 0 unspecified atom stereocenters. The van der Waals surface area contributed by atoms with Gasteiger partial charge in [0.15, 0.2) is 11.6 Å². The summed E-state index contributed by atoms with van der Waals surface area (Å²) >= 11 is 0. The molecule has 0 saturated carbocycles. The number of nitrogens with one attached hydrogen (secondary N) is 1. The van der Waals surface area contributed by atoms with Crippen LogP contribution in [-0.2, 0) is 17.8 Å². The molecule has 2 amide bonds. The standard InChI is InChI=1S/C34H36F2N8O5/c1-21(2)43-17-26(33(47)44(34(43)48)24-7-4-22(35)5-8-24)31(46)39-23-6-9-29(27(36)16-23)49-32-25-10-11-41(18-28(25)37-20-38-32)19-30(45)42-14-12-40(3)13-15-42/h4-9,16-17,20-21H,10-15,18-19H2,1-3H3,(H,39,46). The first-order valence-electron chi connectivity index (χ1n) is 15.9. The molecular weight excluding hydrogens is 638 g/mol. The predicted octanol–water partition coefficient (Wildman–Crippen LogP) is 2.83. The highest BCUT2D eigenvalue weighted by Crippen LogP contribution is 2.31. The Morgan fingerprint density at radius 1 is 0.980 bits per heavy atom. The molecule has 4 aromatic rings. The van der Waals surface area contributed by atoms with Gasteiger partial charge in [0.1, 0.15) is 17.7 Å². The smallest absolute Gasteiger partial charge is 0.335 e. The number of hydrogen-bond donors (Lipinski definition) is 1. The molecule has 1 saturated heterocycles. The van der Waals surface area contributed by atoms with Crippen molar-refractivity contribution in [2.75, 3.05) is 51.6 Å². The minimum absolute atomic E-state index is 0.0373. The second kappa shape index (κ2) is 14.1. The van der Waals surface area contributed by atoms with Crippen LogP contribution in [0.3, 0.4) is 0 Å². The molecule has 256 valence electrons. The number of carbonyl (C=O) groups is 2. The number of rotatable bonds is 8. The second-order valence-electron chi connectivity index (χ2n) is 12.4. The summed E-state index contributed by atoms with van der Waals surface area (Å²) in [5, 5.41) is 2.51. The molecule has 1 N–H and O–H groups in total. The molecule has 1 fully saturated rings. The van der Waals surface area contributed by atoms with Gasteiger partial charge < -0.3 is 19.9 Å². The van der Waals surface area contributed by atoms with Crippen LogP contribution in [-0.4, -0.2) is 91.9 Å². The molecule has 2 aliphatic rings. The summed E-state index contributed by atoms with van der Waals surface area (Å²) in [6.45, 7) is 7.81. The summed E-state index contributed by atoms with van der Waals surface area (Å²) < 4.78 is 36.7. The Kier molecular flexibility index (Phi) is 9.65. The molecule has 0 bridgehead atoms. The maximum atomic E-state index is 15.3. The van der Waals surface area contributed by atoms with Crippen molar-refractivity contribution in [2.45, 2.75) is 32.9 Å². The molecule has 0 aliphatic carbocycles. The zero-order valence-corrected chi connectivity index (χ0v) is 27.4. The quantitative estimate of drug-likeness (QED) is 0.300. The van der Waals surface area contributed by atoms with Gasteiger partial charge in [-0.3, -0.25) is 23.9 Å². The minimum Gasteiger partial charge on any atom is -0.436 e. The maximum absolute atomic E-state index is 15.3. The third-order valence-electron chi connectivity index (χ3n) is 8.66. The second-order valence-corrected chi connectivity index (χ2v) is 12.4. The van der Waals surface area contributed by atoms with Crippen molar-refractivity contribution in [1.82, 2.24) is 33.8 Å². The number of amides is 2. The van der Waals surface area contributed by atoms with Crippen LogP contribution in [0.25, 0.3) is 5.69 Å². The van der Waals surface area contributed by atoms with Crippen molar-refractivity contribution in [2.24, 2.45) is 0 Å². The van der Waals surface area contributed by atoms with E-state index in [-0.39, 0.29) is 41.0 Å². The lowest BCUT2D eigenvalue weighted by Crippen LogP contribution is -2.50. The molecule has 4 heterocycles. The summed E-state index contributed by atoms with van der Waals surface area (Å²) in [5.74, 6) is -2.08. The Labute approximate surface area is 280 Å². The van der Waals surface area contributed by atoms with E-state index in [0.29, 0.717) is 38.3 Å².